The third-order valence-corrected chi connectivity index (χ3v) is 9.28. The summed E-state index contributed by atoms with van der Waals surface area (Å²) in [5.41, 5.74) is 0. The molecule has 4 heteroatoms. The quantitative estimate of drug-likeness (QED) is 0.0455. The predicted molar refractivity (Wildman–Crippen MR) is 211 cm³/mol. The van der Waals surface area contributed by atoms with Crippen molar-refractivity contribution >= 4 is 5.91 Å². The van der Waals surface area contributed by atoms with Gasteiger partial charge in [0.2, 0.25) is 5.91 Å². The van der Waals surface area contributed by atoms with Crippen LogP contribution in [0.25, 0.3) is 0 Å². The maximum atomic E-state index is 12.3. The molecule has 0 rings (SSSR count). The number of hydrogen-bond acceptors (Lipinski definition) is 3. The Kier molecular flexibility index (Phi) is 38.4. The first kappa shape index (κ1) is 46.4. The highest BCUT2D eigenvalue weighted by Crippen LogP contribution is 2.14. The van der Waals surface area contributed by atoms with Gasteiger partial charge >= 0.3 is 0 Å². The average Bonchev–Trinajstić information content (AvgIpc) is 3.09. The summed E-state index contributed by atoms with van der Waals surface area (Å²) in [4.78, 5) is 12.3. The molecule has 0 aliphatic heterocycles. The van der Waals surface area contributed by atoms with E-state index in [9.17, 15) is 15.0 Å². The van der Waals surface area contributed by atoms with Crippen LogP contribution in [0.3, 0.4) is 0 Å². The molecule has 0 radical (unpaired) electrons. The van der Waals surface area contributed by atoms with Gasteiger partial charge in [-0.05, 0) is 64.2 Å². The number of amides is 1. The number of nitrogens with one attached hydrogen (secondary N) is 1. The average molecular weight is 672 g/mol. The van der Waals surface area contributed by atoms with Gasteiger partial charge in [0.1, 0.15) is 0 Å². The van der Waals surface area contributed by atoms with E-state index in [2.05, 4.69) is 55.6 Å². The Hall–Kier alpha value is -1.65. The van der Waals surface area contributed by atoms with Crippen molar-refractivity contribution < 1.29 is 15.0 Å². The Balaban J connectivity index is 3.66. The summed E-state index contributed by atoms with van der Waals surface area (Å²) in [5, 5.41) is 22.9. The van der Waals surface area contributed by atoms with Crippen molar-refractivity contribution in [1.82, 2.24) is 5.32 Å². The van der Waals surface area contributed by atoms with Crippen LogP contribution in [0.4, 0.5) is 0 Å². The fourth-order valence-corrected chi connectivity index (χ4v) is 6.05. The Bertz CT molecular complexity index is 771. The zero-order valence-electron chi connectivity index (χ0n) is 32.0. The van der Waals surface area contributed by atoms with E-state index in [0.717, 1.165) is 51.4 Å². The summed E-state index contributed by atoms with van der Waals surface area (Å²) < 4.78 is 0. The molecule has 280 valence electrons. The summed E-state index contributed by atoms with van der Waals surface area (Å²) in [6.07, 6.45) is 53.5. The second-order valence-electron chi connectivity index (χ2n) is 14.0. The first-order valence-electron chi connectivity index (χ1n) is 20.9. The summed E-state index contributed by atoms with van der Waals surface area (Å²) in [6, 6.07) is -0.646. The maximum Gasteiger partial charge on any atom is 0.220 e. The molecule has 0 fully saturated rings. The fraction of sp³-hybridized carbons (Fsp3) is 0.795. The van der Waals surface area contributed by atoms with Gasteiger partial charge in [-0.15, -0.1) is 0 Å². The molecule has 0 saturated carbocycles. The molecule has 0 aromatic heterocycles. The van der Waals surface area contributed by atoms with Crippen molar-refractivity contribution in [3.05, 3.63) is 48.6 Å². The molecule has 1 amide bonds. The lowest BCUT2D eigenvalue weighted by Crippen LogP contribution is -2.45. The molecule has 0 aromatic rings. The fourth-order valence-electron chi connectivity index (χ4n) is 6.05. The van der Waals surface area contributed by atoms with Gasteiger partial charge in [0.25, 0.3) is 0 Å². The molecule has 4 nitrogen and oxygen atoms in total. The Morgan fingerprint density at radius 3 is 1.35 bits per heavy atom. The lowest BCUT2D eigenvalue weighted by molar-refractivity contribution is -0.123. The lowest BCUT2D eigenvalue weighted by Gasteiger charge is -2.19. The molecule has 2 atom stereocenters. The van der Waals surface area contributed by atoms with Crippen LogP contribution in [0.2, 0.25) is 0 Å². The molecule has 0 aliphatic carbocycles. The zero-order chi connectivity index (χ0) is 35.0. The van der Waals surface area contributed by atoms with E-state index in [1.807, 2.05) is 6.08 Å². The summed E-state index contributed by atoms with van der Waals surface area (Å²) in [6.45, 7) is 4.27. The number of carbonyl (C=O) groups is 1. The van der Waals surface area contributed by atoms with Gasteiger partial charge in [-0.2, -0.15) is 0 Å². The van der Waals surface area contributed by atoms with E-state index in [1.54, 1.807) is 6.08 Å². The number of aliphatic hydroxyl groups excluding tert-OH is 2. The smallest absolute Gasteiger partial charge is 0.220 e. The van der Waals surface area contributed by atoms with E-state index < -0.39 is 12.1 Å². The van der Waals surface area contributed by atoms with Crippen molar-refractivity contribution in [1.29, 1.82) is 0 Å². The monoisotopic (exact) mass is 672 g/mol. The molecule has 0 spiro atoms. The highest BCUT2D eigenvalue weighted by atomic mass is 16.3. The maximum absolute atomic E-state index is 12.3. The van der Waals surface area contributed by atoms with Crippen molar-refractivity contribution in [2.75, 3.05) is 6.61 Å². The predicted octanol–water partition coefficient (Wildman–Crippen LogP) is 12.8. The Morgan fingerprint density at radius 1 is 0.500 bits per heavy atom. The normalized spacial score (nSPS) is 13.5. The number of hydrogen-bond donors (Lipinski definition) is 3. The minimum absolute atomic E-state index is 0.0886. The van der Waals surface area contributed by atoms with Crippen molar-refractivity contribution in [3.63, 3.8) is 0 Å². The van der Waals surface area contributed by atoms with E-state index in [0.29, 0.717) is 6.42 Å². The molecular weight excluding hydrogens is 590 g/mol. The van der Waals surface area contributed by atoms with E-state index in [-0.39, 0.29) is 12.5 Å². The van der Waals surface area contributed by atoms with Gasteiger partial charge in [-0.25, -0.2) is 0 Å². The molecule has 0 saturated heterocycles. The first-order chi connectivity index (χ1) is 23.7. The van der Waals surface area contributed by atoms with Crippen LogP contribution >= 0.6 is 0 Å². The number of rotatable bonds is 37. The van der Waals surface area contributed by atoms with Crippen molar-refractivity contribution in [2.45, 2.75) is 219 Å². The summed E-state index contributed by atoms with van der Waals surface area (Å²) in [7, 11) is 0. The highest BCUT2D eigenvalue weighted by Gasteiger charge is 2.17. The molecule has 48 heavy (non-hydrogen) atoms. The van der Waals surface area contributed by atoms with Gasteiger partial charge in [0.05, 0.1) is 18.8 Å². The van der Waals surface area contributed by atoms with Crippen LogP contribution in [-0.2, 0) is 4.79 Å². The summed E-state index contributed by atoms with van der Waals surface area (Å²) >= 11 is 0. The lowest BCUT2D eigenvalue weighted by atomic mass is 10.0. The molecule has 0 bridgehead atoms. The van der Waals surface area contributed by atoms with Crippen LogP contribution in [0.15, 0.2) is 48.6 Å². The van der Waals surface area contributed by atoms with Crippen LogP contribution in [0, 0.1) is 0 Å². The topological polar surface area (TPSA) is 69.6 Å². The van der Waals surface area contributed by atoms with Crippen LogP contribution in [0.5, 0.6) is 0 Å². The Labute approximate surface area is 299 Å². The van der Waals surface area contributed by atoms with Gasteiger partial charge < -0.3 is 15.5 Å². The molecular formula is C44H81NO3. The second kappa shape index (κ2) is 39.8. The molecule has 0 aliphatic rings. The van der Waals surface area contributed by atoms with Crippen molar-refractivity contribution in [2.24, 2.45) is 0 Å². The minimum atomic E-state index is -0.868. The molecule has 0 heterocycles. The first-order valence-corrected chi connectivity index (χ1v) is 20.9. The van der Waals surface area contributed by atoms with E-state index >= 15 is 0 Å². The molecule has 3 N–H and O–H groups in total. The highest BCUT2D eigenvalue weighted by molar-refractivity contribution is 5.76. The SMILES string of the molecule is CCCCCC/C=C\C/C=C\CCCCCCCC(=O)NC(CO)C(O)/C=C/CC/C=C/CCCCCCCCCCCCCCCC. The summed E-state index contributed by atoms with van der Waals surface area (Å²) in [5.74, 6) is -0.0886. The van der Waals surface area contributed by atoms with Crippen LogP contribution < -0.4 is 5.32 Å². The van der Waals surface area contributed by atoms with Gasteiger partial charge in [0, 0.05) is 6.42 Å². The standard InChI is InChI=1S/C44H81NO3/c1-3-5-7-9-11-13-15-17-19-21-22-23-24-25-27-29-31-33-35-37-39-43(47)42(41-46)45-44(48)40-38-36-34-32-30-28-26-20-18-16-14-12-10-8-6-4-2/h14,16,20,26,29,31,37,39,42-43,46-47H,3-13,15,17-19,21-25,27-28,30,32-36,38,40-41H2,1-2H3,(H,45,48)/b16-14-,26-20-,31-29+,39-37+. The van der Waals surface area contributed by atoms with Gasteiger partial charge in [0.15, 0.2) is 0 Å². The van der Waals surface area contributed by atoms with Gasteiger partial charge in [-0.1, -0.05) is 184 Å². The van der Waals surface area contributed by atoms with Crippen LogP contribution in [0.1, 0.15) is 206 Å². The number of carbonyl (C=O) groups excluding carboxylic acids is 1. The van der Waals surface area contributed by atoms with E-state index in [1.165, 1.54) is 135 Å². The minimum Gasteiger partial charge on any atom is -0.394 e. The number of aliphatic hydroxyl groups is 2. The van der Waals surface area contributed by atoms with Crippen molar-refractivity contribution in [3.8, 4) is 0 Å². The van der Waals surface area contributed by atoms with Crippen LogP contribution in [-0.4, -0.2) is 34.9 Å². The second-order valence-corrected chi connectivity index (χ2v) is 14.0. The van der Waals surface area contributed by atoms with Gasteiger partial charge in [-0.3, -0.25) is 4.79 Å². The zero-order valence-corrected chi connectivity index (χ0v) is 32.0. The largest absolute Gasteiger partial charge is 0.394 e. The van der Waals surface area contributed by atoms with E-state index in [4.69, 9.17) is 0 Å². The number of allylic oxidation sites excluding steroid dienone is 7. The molecule has 0 aromatic carbocycles. The third-order valence-electron chi connectivity index (χ3n) is 9.28. The number of unbranched alkanes of at least 4 members (excludes halogenated alkanes) is 24. The molecule has 2 unspecified atom stereocenters. The third kappa shape index (κ3) is 35.7. The Morgan fingerprint density at radius 2 is 0.875 bits per heavy atom.